The van der Waals surface area contributed by atoms with Gasteiger partial charge in [-0.15, -0.1) is 0 Å². The molecule has 0 atom stereocenters. The highest BCUT2D eigenvalue weighted by Gasteiger charge is 2.19. The zero-order valence-corrected chi connectivity index (χ0v) is 20.0. The summed E-state index contributed by atoms with van der Waals surface area (Å²) in [6, 6.07) is 12.8. The predicted octanol–water partition coefficient (Wildman–Crippen LogP) is 3.57. The second-order valence-electron chi connectivity index (χ2n) is 8.76. The van der Waals surface area contributed by atoms with Crippen molar-refractivity contribution in [3.05, 3.63) is 66.2 Å². The monoisotopic (exact) mass is 494 g/mol. The van der Waals surface area contributed by atoms with Crippen molar-refractivity contribution in [2.45, 2.75) is 20.1 Å². The van der Waals surface area contributed by atoms with Crippen LogP contribution in [0.5, 0.6) is 5.75 Å². The highest BCUT2D eigenvalue weighted by molar-refractivity contribution is 5.82. The Labute approximate surface area is 207 Å². The van der Waals surface area contributed by atoms with Crippen molar-refractivity contribution in [3.8, 4) is 16.9 Å². The molecule has 188 valence electrons. The normalized spacial score (nSPS) is 14.6. The lowest BCUT2D eigenvalue weighted by Gasteiger charge is -2.34. The third-order valence-electron chi connectivity index (χ3n) is 6.50. The first-order valence-electron chi connectivity index (χ1n) is 11.9. The number of fused-ring (bicyclic) bond motifs is 1. The molecule has 0 spiro atoms. The number of aromatic nitrogens is 4. The Bertz CT molecular complexity index is 1320. The number of aryl methyl sites for hydroxylation is 1. The fraction of sp³-hybridized carbons (Fsp3) is 0.346. The third-order valence-corrected chi connectivity index (χ3v) is 6.50. The summed E-state index contributed by atoms with van der Waals surface area (Å²) in [4.78, 5) is 18.2. The van der Waals surface area contributed by atoms with Crippen LogP contribution in [0.15, 0.2) is 54.9 Å². The van der Waals surface area contributed by atoms with Gasteiger partial charge in [0.2, 0.25) is 5.95 Å². The molecule has 1 N–H and O–H groups in total. The molecule has 0 aliphatic carbocycles. The number of piperazine rings is 1. The molecule has 36 heavy (non-hydrogen) atoms. The van der Waals surface area contributed by atoms with Gasteiger partial charge in [-0.25, -0.2) is 15.0 Å². The molecule has 1 aliphatic rings. The van der Waals surface area contributed by atoms with Gasteiger partial charge in [-0.1, -0.05) is 24.3 Å². The minimum atomic E-state index is -2.88. The highest BCUT2D eigenvalue weighted by atomic mass is 19.3. The second-order valence-corrected chi connectivity index (χ2v) is 8.76. The van der Waals surface area contributed by atoms with Crippen LogP contribution in [0.25, 0.3) is 22.2 Å². The summed E-state index contributed by atoms with van der Waals surface area (Å²) in [5, 5.41) is 9.12. The Morgan fingerprint density at radius 3 is 2.47 bits per heavy atom. The molecule has 0 bridgehead atoms. The van der Waals surface area contributed by atoms with Crippen LogP contribution >= 0.6 is 0 Å². The highest BCUT2D eigenvalue weighted by Crippen LogP contribution is 2.28. The van der Waals surface area contributed by atoms with E-state index in [-0.39, 0.29) is 12.4 Å². The van der Waals surface area contributed by atoms with E-state index in [0.717, 1.165) is 54.2 Å². The van der Waals surface area contributed by atoms with Crippen molar-refractivity contribution in [1.29, 1.82) is 0 Å². The van der Waals surface area contributed by atoms with Crippen LogP contribution in [-0.4, -0.2) is 75.5 Å². The molecule has 8 nitrogen and oxygen atoms in total. The summed E-state index contributed by atoms with van der Waals surface area (Å²) in [7, 11) is 0. The molecule has 1 aliphatic heterocycles. The molecule has 2 aromatic carbocycles. The average Bonchev–Trinajstić information content (AvgIpc) is 3.20. The maximum atomic E-state index is 12.9. The number of rotatable bonds is 8. The predicted molar refractivity (Wildman–Crippen MR) is 133 cm³/mol. The van der Waals surface area contributed by atoms with Gasteiger partial charge >= 0.3 is 6.61 Å². The standard InChI is InChI=1S/C26H28F2N6O2/c1-18-31-22-7-6-19(14-23(22)34(18)17-20-4-2-3-5-24(20)36-25(27)28)21-15-29-26(30-16-21)33-10-8-32(9-11-33)12-13-35/h2-7,14-16,25,35H,8-13,17H2,1H3. The van der Waals surface area contributed by atoms with Gasteiger partial charge in [-0.05, 0) is 30.7 Å². The van der Waals surface area contributed by atoms with E-state index in [1.54, 1.807) is 24.3 Å². The zero-order valence-electron chi connectivity index (χ0n) is 20.0. The first kappa shape index (κ1) is 24.1. The van der Waals surface area contributed by atoms with Crippen LogP contribution in [0, 0.1) is 6.92 Å². The largest absolute Gasteiger partial charge is 0.434 e. The Kier molecular flexibility index (Phi) is 7.06. The third kappa shape index (κ3) is 5.14. The van der Waals surface area contributed by atoms with E-state index in [9.17, 15) is 8.78 Å². The summed E-state index contributed by atoms with van der Waals surface area (Å²) in [5.74, 6) is 1.63. The number of β-amino-alcohol motifs (C(OH)–C–C–N with tert-alkyl or cyclic N) is 1. The number of hydrogen-bond acceptors (Lipinski definition) is 7. The van der Waals surface area contributed by atoms with E-state index in [2.05, 4.69) is 24.8 Å². The van der Waals surface area contributed by atoms with Crippen molar-refractivity contribution in [3.63, 3.8) is 0 Å². The number of halogens is 2. The van der Waals surface area contributed by atoms with Crippen LogP contribution in [0.1, 0.15) is 11.4 Å². The number of benzene rings is 2. The number of imidazole rings is 1. The lowest BCUT2D eigenvalue weighted by Crippen LogP contribution is -2.47. The van der Waals surface area contributed by atoms with Gasteiger partial charge in [0.25, 0.3) is 0 Å². The summed E-state index contributed by atoms with van der Waals surface area (Å²) < 4.78 is 32.5. The topological polar surface area (TPSA) is 79.5 Å². The minimum absolute atomic E-state index is 0.158. The molecular weight excluding hydrogens is 466 g/mol. The molecule has 0 saturated carbocycles. The summed E-state index contributed by atoms with van der Waals surface area (Å²) >= 11 is 0. The minimum Gasteiger partial charge on any atom is -0.434 e. The maximum absolute atomic E-state index is 12.9. The maximum Gasteiger partial charge on any atom is 0.387 e. The Hall–Kier alpha value is -3.63. The van der Waals surface area contributed by atoms with E-state index >= 15 is 0 Å². The van der Waals surface area contributed by atoms with Gasteiger partial charge < -0.3 is 19.3 Å². The Morgan fingerprint density at radius 2 is 1.75 bits per heavy atom. The van der Waals surface area contributed by atoms with Gasteiger partial charge in [0, 0.05) is 56.2 Å². The average molecular weight is 495 g/mol. The number of ether oxygens (including phenoxy) is 1. The molecule has 1 fully saturated rings. The molecule has 10 heteroatoms. The Morgan fingerprint density at radius 1 is 1.00 bits per heavy atom. The fourth-order valence-electron chi connectivity index (χ4n) is 4.58. The lowest BCUT2D eigenvalue weighted by molar-refractivity contribution is -0.0504. The number of aliphatic hydroxyl groups is 1. The lowest BCUT2D eigenvalue weighted by atomic mass is 10.1. The number of nitrogens with zero attached hydrogens (tertiary/aromatic N) is 6. The fourth-order valence-corrected chi connectivity index (χ4v) is 4.58. The smallest absolute Gasteiger partial charge is 0.387 e. The van der Waals surface area contributed by atoms with E-state index in [1.165, 1.54) is 0 Å². The van der Waals surface area contributed by atoms with Crippen LogP contribution in [-0.2, 0) is 6.54 Å². The molecule has 0 radical (unpaired) electrons. The number of aliphatic hydroxyl groups excluding tert-OH is 1. The number of hydrogen-bond donors (Lipinski definition) is 1. The SMILES string of the molecule is Cc1nc2ccc(-c3cnc(N4CCN(CCO)CC4)nc3)cc2n1Cc1ccccc1OC(F)F. The van der Waals surface area contributed by atoms with Gasteiger partial charge in [-0.2, -0.15) is 8.78 Å². The van der Waals surface area contributed by atoms with Crippen molar-refractivity contribution in [1.82, 2.24) is 24.4 Å². The van der Waals surface area contributed by atoms with Gasteiger partial charge in [-0.3, -0.25) is 4.90 Å². The quantitative estimate of drug-likeness (QED) is 0.401. The zero-order chi connectivity index (χ0) is 25.1. The molecule has 1 saturated heterocycles. The number of alkyl halides is 2. The van der Waals surface area contributed by atoms with E-state index in [4.69, 9.17) is 9.84 Å². The second kappa shape index (κ2) is 10.5. The molecule has 0 amide bonds. The number of anilines is 1. The molecule has 3 heterocycles. The summed E-state index contributed by atoms with van der Waals surface area (Å²) in [6.45, 7) is 3.61. The van der Waals surface area contributed by atoms with Gasteiger partial charge in [0.1, 0.15) is 11.6 Å². The van der Waals surface area contributed by atoms with Crippen molar-refractivity contribution in [2.75, 3.05) is 44.2 Å². The van der Waals surface area contributed by atoms with Crippen LogP contribution < -0.4 is 9.64 Å². The first-order valence-corrected chi connectivity index (χ1v) is 11.9. The van der Waals surface area contributed by atoms with Crippen LogP contribution in [0.2, 0.25) is 0 Å². The van der Waals surface area contributed by atoms with E-state index in [1.807, 2.05) is 42.1 Å². The van der Waals surface area contributed by atoms with Crippen LogP contribution in [0.3, 0.4) is 0 Å². The van der Waals surface area contributed by atoms with Crippen molar-refractivity contribution >= 4 is 17.0 Å². The molecule has 2 aromatic heterocycles. The first-order chi connectivity index (χ1) is 17.5. The van der Waals surface area contributed by atoms with Gasteiger partial charge in [0.15, 0.2) is 0 Å². The summed E-state index contributed by atoms with van der Waals surface area (Å²) in [6.07, 6.45) is 3.64. The van der Waals surface area contributed by atoms with E-state index < -0.39 is 6.61 Å². The molecular formula is C26H28F2N6O2. The molecule has 5 rings (SSSR count). The summed E-state index contributed by atoms with van der Waals surface area (Å²) in [5.41, 5.74) is 4.19. The van der Waals surface area contributed by atoms with Gasteiger partial charge in [0.05, 0.1) is 24.2 Å². The van der Waals surface area contributed by atoms with E-state index in [0.29, 0.717) is 24.6 Å². The number of para-hydroxylation sites is 1. The Balaban J connectivity index is 1.38. The van der Waals surface area contributed by atoms with Crippen LogP contribution in [0.4, 0.5) is 14.7 Å². The van der Waals surface area contributed by atoms with Crippen molar-refractivity contribution < 1.29 is 18.6 Å². The molecule has 4 aromatic rings. The van der Waals surface area contributed by atoms with Crippen molar-refractivity contribution in [2.24, 2.45) is 0 Å². The molecule has 0 unspecified atom stereocenters.